The zero-order valence-electron chi connectivity index (χ0n) is 12.0. The summed E-state index contributed by atoms with van der Waals surface area (Å²) < 4.78 is 31.7. The van der Waals surface area contributed by atoms with Crippen molar-refractivity contribution in [1.82, 2.24) is 4.72 Å². The number of carbonyl (C=O) groups is 1. The molecule has 0 aliphatic heterocycles. The summed E-state index contributed by atoms with van der Waals surface area (Å²) in [5.41, 5.74) is 0.302. The highest BCUT2D eigenvalue weighted by atomic mass is 32.2. The zero-order valence-corrected chi connectivity index (χ0v) is 12.9. The quantitative estimate of drug-likeness (QED) is 0.590. The Hall–Kier alpha value is -1.64. The van der Waals surface area contributed by atoms with Crippen LogP contribution in [0.4, 0.5) is 5.69 Å². The van der Waals surface area contributed by atoms with Crippen molar-refractivity contribution in [1.29, 1.82) is 0 Å². The van der Waals surface area contributed by atoms with Crippen LogP contribution in [0, 0.1) is 0 Å². The SMILES string of the molecule is CCCNc1ccc(C(=O)O)cc1S(=O)(=O)NCCOC. The van der Waals surface area contributed by atoms with E-state index in [9.17, 15) is 13.2 Å². The lowest BCUT2D eigenvalue weighted by molar-refractivity contribution is 0.0696. The predicted molar refractivity (Wildman–Crippen MR) is 79.2 cm³/mol. The Bertz CT molecular complexity index is 586. The van der Waals surface area contributed by atoms with Crippen LogP contribution in [0.3, 0.4) is 0 Å². The van der Waals surface area contributed by atoms with E-state index in [-0.39, 0.29) is 23.6 Å². The minimum absolute atomic E-state index is 0.0769. The molecule has 118 valence electrons. The van der Waals surface area contributed by atoms with Gasteiger partial charge in [-0.05, 0) is 24.6 Å². The van der Waals surface area contributed by atoms with Gasteiger partial charge in [-0.1, -0.05) is 6.92 Å². The zero-order chi connectivity index (χ0) is 15.9. The largest absolute Gasteiger partial charge is 0.478 e. The summed E-state index contributed by atoms with van der Waals surface area (Å²) in [6.45, 7) is 2.88. The van der Waals surface area contributed by atoms with E-state index >= 15 is 0 Å². The van der Waals surface area contributed by atoms with Crippen molar-refractivity contribution in [3.05, 3.63) is 23.8 Å². The lowest BCUT2D eigenvalue weighted by Crippen LogP contribution is -2.28. The minimum Gasteiger partial charge on any atom is -0.478 e. The van der Waals surface area contributed by atoms with Crippen molar-refractivity contribution in [2.75, 3.05) is 32.1 Å². The molecule has 0 aliphatic rings. The van der Waals surface area contributed by atoms with Crippen molar-refractivity contribution in [2.45, 2.75) is 18.2 Å². The summed E-state index contributed by atoms with van der Waals surface area (Å²) in [6.07, 6.45) is 0.817. The van der Waals surface area contributed by atoms with Gasteiger partial charge in [0.1, 0.15) is 4.90 Å². The number of hydrogen-bond acceptors (Lipinski definition) is 5. The number of methoxy groups -OCH3 is 1. The van der Waals surface area contributed by atoms with Crippen LogP contribution in [0.1, 0.15) is 23.7 Å². The average Bonchev–Trinajstić information content (AvgIpc) is 2.45. The van der Waals surface area contributed by atoms with Gasteiger partial charge in [0.25, 0.3) is 0 Å². The molecule has 0 saturated carbocycles. The highest BCUT2D eigenvalue weighted by molar-refractivity contribution is 7.89. The molecular formula is C13H20N2O5S. The first-order chi connectivity index (χ1) is 9.92. The summed E-state index contributed by atoms with van der Waals surface area (Å²) >= 11 is 0. The monoisotopic (exact) mass is 316 g/mol. The van der Waals surface area contributed by atoms with Crippen LogP contribution in [0.5, 0.6) is 0 Å². The first kappa shape index (κ1) is 17.4. The maximum absolute atomic E-state index is 12.3. The second kappa shape index (κ2) is 7.96. The third-order valence-corrected chi connectivity index (χ3v) is 4.18. The molecular weight excluding hydrogens is 296 g/mol. The van der Waals surface area contributed by atoms with Crippen molar-refractivity contribution in [2.24, 2.45) is 0 Å². The Morgan fingerprint density at radius 1 is 1.33 bits per heavy atom. The number of aromatic carboxylic acids is 1. The number of nitrogens with one attached hydrogen (secondary N) is 2. The van der Waals surface area contributed by atoms with Crippen LogP contribution in [-0.2, 0) is 14.8 Å². The van der Waals surface area contributed by atoms with E-state index in [1.165, 1.54) is 19.2 Å². The van der Waals surface area contributed by atoms with Crippen LogP contribution >= 0.6 is 0 Å². The van der Waals surface area contributed by atoms with Gasteiger partial charge in [0.2, 0.25) is 10.0 Å². The van der Waals surface area contributed by atoms with Gasteiger partial charge in [0, 0.05) is 20.2 Å². The molecule has 1 aromatic rings. The predicted octanol–water partition coefficient (Wildman–Crippen LogP) is 1.13. The fourth-order valence-electron chi connectivity index (χ4n) is 1.64. The topological polar surface area (TPSA) is 105 Å². The summed E-state index contributed by atoms with van der Waals surface area (Å²) in [5.74, 6) is -1.18. The molecule has 0 atom stereocenters. The van der Waals surface area contributed by atoms with Crippen LogP contribution < -0.4 is 10.0 Å². The molecule has 8 heteroatoms. The molecule has 0 heterocycles. The lowest BCUT2D eigenvalue weighted by atomic mass is 10.2. The van der Waals surface area contributed by atoms with Gasteiger partial charge in [-0.2, -0.15) is 0 Å². The second-order valence-corrected chi connectivity index (χ2v) is 6.07. The highest BCUT2D eigenvalue weighted by Gasteiger charge is 2.20. The van der Waals surface area contributed by atoms with Crippen LogP contribution in [0.15, 0.2) is 23.1 Å². The Morgan fingerprint density at radius 2 is 2.05 bits per heavy atom. The summed E-state index contributed by atoms with van der Waals surface area (Å²) in [6, 6.07) is 3.98. The van der Waals surface area contributed by atoms with Crippen LogP contribution in [0.25, 0.3) is 0 Å². The molecule has 3 N–H and O–H groups in total. The number of anilines is 1. The molecule has 0 unspecified atom stereocenters. The van der Waals surface area contributed by atoms with E-state index < -0.39 is 16.0 Å². The molecule has 0 saturated heterocycles. The number of carboxylic acids is 1. The van der Waals surface area contributed by atoms with E-state index in [0.717, 1.165) is 12.5 Å². The molecule has 0 radical (unpaired) electrons. The number of hydrogen-bond donors (Lipinski definition) is 3. The molecule has 0 spiro atoms. The van der Waals surface area contributed by atoms with Gasteiger partial charge in [-0.15, -0.1) is 0 Å². The normalized spacial score (nSPS) is 11.3. The molecule has 21 heavy (non-hydrogen) atoms. The van der Waals surface area contributed by atoms with Gasteiger partial charge in [0.15, 0.2) is 0 Å². The third-order valence-electron chi connectivity index (χ3n) is 2.68. The molecule has 0 amide bonds. The standard InChI is InChI=1S/C13H20N2O5S/c1-3-6-14-11-5-4-10(13(16)17)9-12(11)21(18,19)15-7-8-20-2/h4-5,9,14-15H,3,6-8H2,1-2H3,(H,16,17). The van der Waals surface area contributed by atoms with Gasteiger partial charge in [-0.25, -0.2) is 17.9 Å². The Kier molecular flexibility index (Phi) is 6.60. The average molecular weight is 316 g/mol. The maximum atomic E-state index is 12.3. The first-order valence-electron chi connectivity index (χ1n) is 6.52. The second-order valence-electron chi connectivity index (χ2n) is 4.33. The van der Waals surface area contributed by atoms with E-state index in [2.05, 4.69) is 10.0 Å². The number of rotatable bonds is 9. The van der Waals surface area contributed by atoms with Gasteiger partial charge < -0.3 is 15.2 Å². The fourth-order valence-corrected chi connectivity index (χ4v) is 2.86. The molecule has 1 aromatic carbocycles. The molecule has 0 fully saturated rings. The smallest absolute Gasteiger partial charge is 0.335 e. The maximum Gasteiger partial charge on any atom is 0.335 e. The van der Waals surface area contributed by atoms with Gasteiger partial charge in [-0.3, -0.25) is 0 Å². The summed E-state index contributed by atoms with van der Waals surface area (Å²) in [4.78, 5) is 10.9. The Morgan fingerprint density at radius 3 is 2.62 bits per heavy atom. The molecule has 0 bridgehead atoms. The molecule has 0 aromatic heterocycles. The summed E-state index contributed by atoms with van der Waals surface area (Å²) in [5, 5.41) is 12.0. The van der Waals surface area contributed by atoms with E-state index in [1.54, 1.807) is 0 Å². The van der Waals surface area contributed by atoms with Gasteiger partial charge >= 0.3 is 5.97 Å². The Labute approximate surface area is 124 Å². The highest BCUT2D eigenvalue weighted by Crippen LogP contribution is 2.23. The summed E-state index contributed by atoms with van der Waals surface area (Å²) in [7, 11) is -2.34. The van der Waals surface area contributed by atoms with E-state index in [0.29, 0.717) is 12.2 Å². The van der Waals surface area contributed by atoms with E-state index in [1.807, 2.05) is 6.92 Å². The van der Waals surface area contributed by atoms with Crippen molar-refractivity contribution < 1.29 is 23.1 Å². The number of sulfonamides is 1. The van der Waals surface area contributed by atoms with Gasteiger partial charge in [0.05, 0.1) is 17.9 Å². The minimum atomic E-state index is -3.81. The number of carboxylic acid groups (broad SMARTS) is 1. The van der Waals surface area contributed by atoms with Crippen LogP contribution in [-0.4, -0.2) is 46.3 Å². The van der Waals surface area contributed by atoms with E-state index in [4.69, 9.17) is 9.84 Å². The fraction of sp³-hybridized carbons (Fsp3) is 0.462. The van der Waals surface area contributed by atoms with Crippen molar-refractivity contribution in [3.63, 3.8) is 0 Å². The third kappa shape index (κ3) is 5.00. The lowest BCUT2D eigenvalue weighted by Gasteiger charge is -2.13. The van der Waals surface area contributed by atoms with Crippen molar-refractivity contribution in [3.8, 4) is 0 Å². The Balaban J connectivity index is 3.14. The molecule has 7 nitrogen and oxygen atoms in total. The first-order valence-corrected chi connectivity index (χ1v) is 8.00. The van der Waals surface area contributed by atoms with Crippen LogP contribution in [0.2, 0.25) is 0 Å². The van der Waals surface area contributed by atoms with Crippen molar-refractivity contribution >= 4 is 21.7 Å². The number of ether oxygens (including phenoxy) is 1. The number of benzene rings is 1. The molecule has 0 aliphatic carbocycles. The molecule has 1 rings (SSSR count).